The van der Waals surface area contributed by atoms with E-state index in [4.69, 9.17) is 10.2 Å². The number of amides is 1. The van der Waals surface area contributed by atoms with E-state index in [0.717, 1.165) is 11.3 Å². The van der Waals surface area contributed by atoms with Gasteiger partial charge in [-0.1, -0.05) is 17.7 Å². The summed E-state index contributed by atoms with van der Waals surface area (Å²) in [6, 6.07) is 8.08. The first-order chi connectivity index (χ1) is 10.5. The third-order valence-electron chi connectivity index (χ3n) is 3.38. The van der Waals surface area contributed by atoms with Crippen LogP contribution in [0.4, 0.5) is 0 Å². The maximum absolute atomic E-state index is 11.6. The Bertz CT molecular complexity index is 603. The van der Waals surface area contributed by atoms with Crippen molar-refractivity contribution >= 4 is 5.91 Å². The number of benzene rings is 1. The molecule has 1 unspecified atom stereocenters. The summed E-state index contributed by atoms with van der Waals surface area (Å²) in [5, 5.41) is 2.87. The van der Waals surface area contributed by atoms with Crippen molar-refractivity contribution in [2.45, 2.75) is 39.2 Å². The number of aromatic nitrogens is 1. The lowest BCUT2D eigenvalue weighted by Gasteiger charge is -2.05. The summed E-state index contributed by atoms with van der Waals surface area (Å²) in [6.07, 6.45) is 3.46. The fraction of sp³-hybridized carbons (Fsp3) is 0.412. The Morgan fingerprint density at radius 3 is 2.77 bits per heavy atom. The summed E-state index contributed by atoms with van der Waals surface area (Å²) in [7, 11) is 0. The normalized spacial score (nSPS) is 12.1. The summed E-state index contributed by atoms with van der Waals surface area (Å²) in [5.41, 5.74) is 8.62. The molecule has 0 radical (unpaired) electrons. The lowest BCUT2D eigenvalue weighted by atomic mass is 10.1. The highest BCUT2D eigenvalue weighted by atomic mass is 16.3. The van der Waals surface area contributed by atoms with Crippen LogP contribution < -0.4 is 11.1 Å². The van der Waals surface area contributed by atoms with Crippen LogP contribution in [0.25, 0.3) is 11.5 Å². The van der Waals surface area contributed by atoms with E-state index in [-0.39, 0.29) is 11.9 Å². The van der Waals surface area contributed by atoms with Gasteiger partial charge in [0, 0.05) is 31.0 Å². The van der Waals surface area contributed by atoms with Crippen molar-refractivity contribution in [3.05, 3.63) is 41.8 Å². The van der Waals surface area contributed by atoms with E-state index in [9.17, 15) is 4.79 Å². The number of aryl methyl sites for hydroxylation is 1. The number of hydrogen-bond acceptors (Lipinski definition) is 4. The molecular weight excluding hydrogens is 278 g/mol. The smallest absolute Gasteiger partial charge is 0.226 e. The van der Waals surface area contributed by atoms with E-state index in [0.29, 0.717) is 31.7 Å². The highest BCUT2D eigenvalue weighted by Crippen LogP contribution is 2.19. The molecule has 0 spiro atoms. The van der Waals surface area contributed by atoms with E-state index >= 15 is 0 Å². The Kier molecular flexibility index (Phi) is 5.72. The van der Waals surface area contributed by atoms with Gasteiger partial charge in [0.15, 0.2) is 0 Å². The van der Waals surface area contributed by atoms with Gasteiger partial charge >= 0.3 is 0 Å². The van der Waals surface area contributed by atoms with Crippen molar-refractivity contribution < 1.29 is 9.21 Å². The molecular formula is C17H23N3O2. The zero-order valence-corrected chi connectivity index (χ0v) is 13.1. The van der Waals surface area contributed by atoms with Crippen molar-refractivity contribution in [1.29, 1.82) is 0 Å². The summed E-state index contributed by atoms with van der Waals surface area (Å²) < 4.78 is 5.49. The molecule has 2 aromatic rings. The fourth-order valence-corrected chi connectivity index (χ4v) is 2.03. The first kappa shape index (κ1) is 16.2. The third kappa shape index (κ3) is 5.00. The van der Waals surface area contributed by atoms with Crippen LogP contribution >= 0.6 is 0 Å². The second-order valence-corrected chi connectivity index (χ2v) is 5.63. The van der Waals surface area contributed by atoms with Crippen LogP contribution in [0.3, 0.4) is 0 Å². The van der Waals surface area contributed by atoms with Crippen molar-refractivity contribution in [2.75, 3.05) is 6.54 Å². The SMILES string of the molecule is Cc1ccc(-c2nc(CCNC(=O)CCC(C)N)co2)cc1. The van der Waals surface area contributed by atoms with E-state index < -0.39 is 0 Å². The van der Waals surface area contributed by atoms with Crippen LogP contribution in [0.2, 0.25) is 0 Å². The molecule has 0 bridgehead atoms. The second-order valence-electron chi connectivity index (χ2n) is 5.63. The second kappa shape index (κ2) is 7.75. The van der Waals surface area contributed by atoms with Gasteiger partial charge in [-0.15, -0.1) is 0 Å². The summed E-state index contributed by atoms with van der Waals surface area (Å²) in [5.74, 6) is 0.637. The summed E-state index contributed by atoms with van der Waals surface area (Å²) >= 11 is 0. The highest BCUT2D eigenvalue weighted by Gasteiger charge is 2.07. The zero-order valence-electron chi connectivity index (χ0n) is 13.1. The van der Waals surface area contributed by atoms with Gasteiger partial charge in [-0.3, -0.25) is 4.79 Å². The number of rotatable bonds is 7. The van der Waals surface area contributed by atoms with Crippen molar-refractivity contribution in [2.24, 2.45) is 5.73 Å². The molecule has 5 nitrogen and oxygen atoms in total. The molecule has 1 heterocycles. The summed E-state index contributed by atoms with van der Waals surface area (Å²) in [6.45, 7) is 4.49. The molecule has 0 aliphatic rings. The van der Waals surface area contributed by atoms with Gasteiger partial charge in [-0.2, -0.15) is 0 Å². The molecule has 3 N–H and O–H groups in total. The maximum Gasteiger partial charge on any atom is 0.226 e. The Labute approximate surface area is 130 Å². The molecule has 1 atom stereocenters. The third-order valence-corrected chi connectivity index (χ3v) is 3.38. The lowest BCUT2D eigenvalue weighted by molar-refractivity contribution is -0.121. The predicted octanol–water partition coefficient (Wildman–Crippen LogP) is 2.44. The van der Waals surface area contributed by atoms with E-state index in [2.05, 4.69) is 10.3 Å². The number of nitrogens with one attached hydrogen (secondary N) is 1. The standard InChI is InChI=1S/C17H23N3O2/c1-12-3-6-14(7-4-12)17-20-15(11-22-17)9-10-19-16(21)8-5-13(2)18/h3-4,6-7,11,13H,5,8-10,18H2,1-2H3,(H,19,21). The van der Waals surface area contributed by atoms with Crippen LogP contribution in [-0.2, 0) is 11.2 Å². The zero-order chi connectivity index (χ0) is 15.9. The van der Waals surface area contributed by atoms with E-state index in [1.165, 1.54) is 5.56 Å². The van der Waals surface area contributed by atoms with Gasteiger partial charge < -0.3 is 15.5 Å². The van der Waals surface area contributed by atoms with Crippen molar-refractivity contribution in [1.82, 2.24) is 10.3 Å². The largest absolute Gasteiger partial charge is 0.444 e. The first-order valence-corrected chi connectivity index (χ1v) is 7.58. The van der Waals surface area contributed by atoms with Crippen LogP contribution in [0.15, 0.2) is 34.9 Å². The average Bonchev–Trinajstić information content (AvgIpc) is 2.95. The molecule has 0 saturated carbocycles. The molecule has 0 aliphatic carbocycles. The Balaban J connectivity index is 1.80. The molecule has 118 valence electrons. The number of carbonyl (C=O) groups excluding carboxylic acids is 1. The molecule has 0 aliphatic heterocycles. The molecule has 1 aromatic heterocycles. The Morgan fingerprint density at radius 2 is 2.09 bits per heavy atom. The number of oxazole rings is 1. The highest BCUT2D eigenvalue weighted by molar-refractivity contribution is 5.75. The lowest BCUT2D eigenvalue weighted by Crippen LogP contribution is -2.27. The Hall–Kier alpha value is -2.14. The molecule has 22 heavy (non-hydrogen) atoms. The number of nitrogens with zero attached hydrogens (tertiary/aromatic N) is 1. The minimum atomic E-state index is 0.0274. The maximum atomic E-state index is 11.6. The van der Waals surface area contributed by atoms with Gasteiger partial charge in [0.1, 0.15) is 6.26 Å². The molecule has 1 aromatic carbocycles. The van der Waals surface area contributed by atoms with Gasteiger partial charge in [-0.05, 0) is 32.4 Å². The molecule has 2 rings (SSSR count). The van der Waals surface area contributed by atoms with Crippen LogP contribution in [0, 0.1) is 6.92 Å². The topological polar surface area (TPSA) is 81.2 Å². The van der Waals surface area contributed by atoms with Gasteiger partial charge in [0.2, 0.25) is 11.8 Å². The van der Waals surface area contributed by atoms with Crippen molar-refractivity contribution in [3.8, 4) is 11.5 Å². The van der Waals surface area contributed by atoms with Crippen molar-refractivity contribution in [3.63, 3.8) is 0 Å². The van der Waals surface area contributed by atoms with Crippen LogP contribution in [-0.4, -0.2) is 23.5 Å². The number of hydrogen-bond donors (Lipinski definition) is 2. The summed E-state index contributed by atoms with van der Waals surface area (Å²) in [4.78, 5) is 16.0. The Morgan fingerprint density at radius 1 is 1.36 bits per heavy atom. The van der Waals surface area contributed by atoms with E-state index in [1.54, 1.807) is 6.26 Å². The van der Waals surface area contributed by atoms with Gasteiger partial charge in [0.05, 0.1) is 5.69 Å². The first-order valence-electron chi connectivity index (χ1n) is 7.58. The van der Waals surface area contributed by atoms with Crippen LogP contribution in [0.5, 0.6) is 0 Å². The average molecular weight is 301 g/mol. The minimum Gasteiger partial charge on any atom is -0.444 e. The fourth-order valence-electron chi connectivity index (χ4n) is 2.03. The molecule has 0 saturated heterocycles. The van der Waals surface area contributed by atoms with Gasteiger partial charge in [-0.25, -0.2) is 4.98 Å². The predicted molar refractivity (Wildman–Crippen MR) is 86.3 cm³/mol. The monoisotopic (exact) mass is 301 g/mol. The molecule has 1 amide bonds. The number of carbonyl (C=O) groups is 1. The van der Waals surface area contributed by atoms with Gasteiger partial charge in [0.25, 0.3) is 0 Å². The quantitative estimate of drug-likeness (QED) is 0.823. The minimum absolute atomic E-state index is 0.0274. The molecule has 5 heteroatoms. The van der Waals surface area contributed by atoms with E-state index in [1.807, 2.05) is 38.1 Å². The molecule has 0 fully saturated rings. The number of nitrogens with two attached hydrogens (primary N) is 1. The van der Waals surface area contributed by atoms with Crippen LogP contribution in [0.1, 0.15) is 31.0 Å².